The van der Waals surface area contributed by atoms with E-state index in [0.717, 1.165) is 6.42 Å². The first kappa shape index (κ1) is 18.3. The Morgan fingerprint density at radius 2 is 1.84 bits per heavy atom. The number of benzene rings is 2. The molecule has 0 radical (unpaired) electrons. The molecule has 0 saturated heterocycles. The van der Waals surface area contributed by atoms with Crippen molar-refractivity contribution in [3.05, 3.63) is 100 Å². The first-order chi connectivity index (χ1) is 11.8. The second-order valence-corrected chi connectivity index (χ2v) is 7.04. The maximum absolute atomic E-state index is 3.30. The van der Waals surface area contributed by atoms with Gasteiger partial charge in [0.25, 0.3) is 0 Å². The molecule has 1 unspecified atom stereocenters. The molecular formula is C23H18SZr. The van der Waals surface area contributed by atoms with Crippen LogP contribution in [0.2, 0.25) is 0 Å². The molecule has 120 valence electrons. The zero-order valence-corrected chi connectivity index (χ0v) is 17.4. The fourth-order valence-corrected chi connectivity index (χ4v) is 3.90. The van der Waals surface area contributed by atoms with Gasteiger partial charge in [-0.1, -0.05) is 60.4 Å². The molecule has 25 heavy (non-hydrogen) atoms. The summed E-state index contributed by atoms with van der Waals surface area (Å²) < 4.78 is 0. The molecule has 3 aromatic rings. The van der Waals surface area contributed by atoms with Crippen molar-refractivity contribution in [2.24, 2.45) is 5.92 Å². The van der Waals surface area contributed by atoms with E-state index in [1.165, 1.54) is 32.7 Å². The van der Waals surface area contributed by atoms with Crippen molar-refractivity contribution in [2.45, 2.75) is 13.3 Å². The maximum atomic E-state index is 3.30. The van der Waals surface area contributed by atoms with E-state index >= 15 is 0 Å². The van der Waals surface area contributed by atoms with Gasteiger partial charge in [0, 0.05) is 0 Å². The van der Waals surface area contributed by atoms with Crippen molar-refractivity contribution in [3.63, 3.8) is 0 Å². The molecule has 1 atom stereocenters. The van der Waals surface area contributed by atoms with Crippen molar-refractivity contribution < 1.29 is 26.2 Å². The van der Waals surface area contributed by atoms with Crippen LogP contribution in [0.1, 0.15) is 22.9 Å². The van der Waals surface area contributed by atoms with Crippen molar-refractivity contribution >= 4 is 16.9 Å². The largest absolute Gasteiger partial charge is 2.00 e. The monoisotopic (exact) mass is 416 g/mol. The predicted molar refractivity (Wildman–Crippen MR) is 103 cm³/mol. The van der Waals surface area contributed by atoms with Crippen LogP contribution in [0.25, 0.3) is 16.7 Å². The molecule has 2 aromatic carbocycles. The van der Waals surface area contributed by atoms with E-state index in [2.05, 4.69) is 85.1 Å². The minimum absolute atomic E-state index is 0. The van der Waals surface area contributed by atoms with Gasteiger partial charge in [-0.3, -0.25) is 6.08 Å². The number of hydrogen-bond acceptors (Lipinski definition) is 1. The molecule has 1 aromatic heterocycles. The van der Waals surface area contributed by atoms with Gasteiger partial charge >= 0.3 is 26.2 Å². The van der Waals surface area contributed by atoms with Gasteiger partial charge in [0.1, 0.15) is 0 Å². The molecule has 1 heterocycles. The Kier molecular flexibility index (Phi) is 6.04. The van der Waals surface area contributed by atoms with E-state index in [0.29, 0.717) is 5.92 Å². The summed E-state index contributed by atoms with van der Waals surface area (Å²) in [5.74, 6) is 0.493. The average Bonchev–Trinajstić information content (AvgIpc) is 3.34. The minimum Gasteiger partial charge on any atom is -0.269 e. The third-order valence-electron chi connectivity index (χ3n) is 4.35. The van der Waals surface area contributed by atoms with Crippen LogP contribution in [-0.4, -0.2) is 0 Å². The molecule has 0 nitrogen and oxygen atoms in total. The molecule has 0 aliphatic heterocycles. The fraction of sp³-hybridized carbons (Fsp3) is 0.130. The topological polar surface area (TPSA) is 0 Å². The Hall–Kier alpha value is -1.50. The zero-order chi connectivity index (χ0) is 16.4. The van der Waals surface area contributed by atoms with Crippen LogP contribution >= 0.6 is 11.3 Å². The summed E-state index contributed by atoms with van der Waals surface area (Å²) in [6.45, 7) is 2.15. The van der Waals surface area contributed by atoms with E-state index in [4.69, 9.17) is 0 Å². The van der Waals surface area contributed by atoms with Gasteiger partial charge in [-0.05, 0) is 16.7 Å². The fourth-order valence-electron chi connectivity index (χ4n) is 3.18. The van der Waals surface area contributed by atoms with Crippen LogP contribution in [0.15, 0.2) is 72.1 Å². The predicted octanol–water partition coefficient (Wildman–Crippen LogP) is 6.20. The van der Waals surface area contributed by atoms with Crippen molar-refractivity contribution in [1.29, 1.82) is 0 Å². The Labute approximate surface area is 173 Å². The molecule has 5 rings (SSSR count). The normalized spacial score (nSPS) is 16.2. The SMILES string of the molecule is CC1[C-]=CC(c2cccs2)=C1.[Zr+2].[c-]1cccc2c1Cc1ccccc1-2. The Morgan fingerprint density at radius 1 is 1.00 bits per heavy atom. The van der Waals surface area contributed by atoms with E-state index in [1.807, 2.05) is 6.07 Å². The van der Waals surface area contributed by atoms with E-state index in [1.54, 1.807) is 11.3 Å². The smallest absolute Gasteiger partial charge is 0.269 e. The van der Waals surface area contributed by atoms with Gasteiger partial charge in [-0.25, -0.2) is 6.08 Å². The van der Waals surface area contributed by atoms with Crippen LogP contribution in [0.5, 0.6) is 0 Å². The van der Waals surface area contributed by atoms with Crippen LogP contribution in [-0.2, 0) is 32.6 Å². The van der Waals surface area contributed by atoms with Crippen molar-refractivity contribution in [2.75, 3.05) is 0 Å². The summed E-state index contributed by atoms with van der Waals surface area (Å²) in [6.07, 6.45) is 8.62. The number of thiophene rings is 1. The minimum atomic E-state index is 0. The first-order valence-electron chi connectivity index (χ1n) is 8.24. The van der Waals surface area contributed by atoms with Gasteiger partial charge in [0.2, 0.25) is 0 Å². The van der Waals surface area contributed by atoms with Crippen LogP contribution in [0.3, 0.4) is 0 Å². The Morgan fingerprint density at radius 3 is 2.60 bits per heavy atom. The van der Waals surface area contributed by atoms with Gasteiger partial charge in [0.05, 0.1) is 0 Å². The molecule has 0 N–H and O–H groups in total. The molecule has 2 aliphatic rings. The van der Waals surface area contributed by atoms with Gasteiger partial charge < -0.3 is 0 Å². The Bertz CT molecular complexity index is 860. The molecule has 2 aliphatic carbocycles. The average molecular weight is 418 g/mol. The molecule has 0 amide bonds. The molecule has 2 heteroatoms. The van der Waals surface area contributed by atoms with Crippen LogP contribution < -0.4 is 0 Å². The van der Waals surface area contributed by atoms with E-state index < -0.39 is 0 Å². The van der Waals surface area contributed by atoms with Crippen LogP contribution in [0.4, 0.5) is 0 Å². The quantitative estimate of drug-likeness (QED) is 0.324. The first-order valence-corrected chi connectivity index (χ1v) is 9.12. The maximum Gasteiger partial charge on any atom is 2.00 e. The van der Waals surface area contributed by atoms with Gasteiger partial charge in [-0.15, -0.1) is 5.56 Å². The summed E-state index contributed by atoms with van der Waals surface area (Å²) in [4.78, 5) is 1.35. The summed E-state index contributed by atoms with van der Waals surface area (Å²) >= 11 is 1.78. The van der Waals surface area contributed by atoms with Gasteiger partial charge in [0.15, 0.2) is 0 Å². The van der Waals surface area contributed by atoms with E-state index in [9.17, 15) is 0 Å². The second kappa shape index (κ2) is 8.25. The number of hydrogen-bond donors (Lipinski definition) is 0. The molecular weight excluding hydrogens is 400 g/mol. The summed E-state index contributed by atoms with van der Waals surface area (Å²) in [5.41, 5.74) is 6.84. The number of fused-ring (bicyclic) bond motifs is 3. The number of rotatable bonds is 1. The molecule has 0 fully saturated rings. The zero-order valence-electron chi connectivity index (χ0n) is 14.1. The molecule has 0 spiro atoms. The molecule has 0 bridgehead atoms. The standard InChI is InChI=1S/C13H9.C10H9S.Zr/c1-3-7-12-10(5-1)9-11-6-2-4-8-13(11)12;1-8-4-5-9(7-8)10-3-2-6-11-10;/h1-5,7-8H,9H2;2-3,5-8H,1H3;/q2*-1;+2. The third kappa shape index (κ3) is 4.02. The summed E-state index contributed by atoms with van der Waals surface area (Å²) in [5, 5.41) is 2.10. The Balaban J connectivity index is 0.000000142. The van der Waals surface area contributed by atoms with Crippen molar-refractivity contribution in [1.82, 2.24) is 0 Å². The van der Waals surface area contributed by atoms with E-state index in [-0.39, 0.29) is 26.2 Å². The molecule has 0 saturated carbocycles. The van der Waals surface area contributed by atoms with Crippen molar-refractivity contribution in [3.8, 4) is 11.1 Å². The van der Waals surface area contributed by atoms with Crippen LogP contribution in [0, 0.1) is 18.1 Å². The second-order valence-electron chi connectivity index (χ2n) is 6.10. The summed E-state index contributed by atoms with van der Waals surface area (Å²) in [7, 11) is 0. The number of allylic oxidation sites excluding steroid dienone is 4. The third-order valence-corrected chi connectivity index (χ3v) is 5.27. The van der Waals surface area contributed by atoms with Gasteiger partial charge in [-0.2, -0.15) is 52.8 Å². The summed E-state index contributed by atoms with van der Waals surface area (Å²) in [6, 6.07) is 22.3.